The van der Waals surface area contributed by atoms with E-state index in [0.29, 0.717) is 11.8 Å². The molecule has 0 saturated heterocycles. The Hall–Kier alpha value is -0.930. The average molecular weight is 205 g/mol. The van der Waals surface area contributed by atoms with Gasteiger partial charge in [-0.05, 0) is 23.1 Å². The van der Waals surface area contributed by atoms with Gasteiger partial charge in [0.25, 0.3) is 0 Å². The van der Waals surface area contributed by atoms with E-state index in [-0.39, 0.29) is 0 Å². The maximum absolute atomic E-state index is 6.22. The van der Waals surface area contributed by atoms with Crippen LogP contribution in [-0.2, 0) is 6.42 Å². The van der Waals surface area contributed by atoms with Crippen LogP contribution in [-0.4, -0.2) is 0 Å². The molecule has 0 radical (unpaired) electrons. The predicted octanol–water partition coefficient (Wildman–Crippen LogP) is 3.64. The van der Waals surface area contributed by atoms with E-state index in [4.69, 9.17) is 11.6 Å². The van der Waals surface area contributed by atoms with Crippen LogP contribution in [0.25, 0.3) is 0 Å². The van der Waals surface area contributed by atoms with E-state index in [2.05, 4.69) is 31.8 Å². The Morgan fingerprint density at radius 1 is 1.36 bits per heavy atom. The van der Waals surface area contributed by atoms with Crippen LogP contribution in [0.3, 0.4) is 0 Å². The van der Waals surface area contributed by atoms with Gasteiger partial charge in [0, 0.05) is 17.4 Å². The van der Waals surface area contributed by atoms with Gasteiger partial charge in [0.05, 0.1) is 0 Å². The number of rotatable bonds is 0. The van der Waals surface area contributed by atoms with E-state index >= 15 is 0 Å². The van der Waals surface area contributed by atoms with Crippen molar-refractivity contribution < 1.29 is 0 Å². The zero-order valence-corrected chi connectivity index (χ0v) is 9.23. The lowest BCUT2D eigenvalue weighted by atomic mass is 9.87. The first-order chi connectivity index (χ1) is 6.70. The van der Waals surface area contributed by atoms with E-state index in [1.54, 1.807) is 0 Å². The third-order valence-electron chi connectivity index (χ3n) is 2.96. The zero-order valence-electron chi connectivity index (χ0n) is 8.47. The molecule has 0 bridgehead atoms. The second-order valence-electron chi connectivity index (χ2n) is 3.89. The lowest BCUT2D eigenvalue weighted by Gasteiger charge is -2.18. The van der Waals surface area contributed by atoms with E-state index < -0.39 is 0 Å². The van der Waals surface area contributed by atoms with Crippen molar-refractivity contribution in [3.8, 4) is 11.8 Å². The highest BCUT2D eigenvalue weighted by atomic mass is 35.5. The minimum Gasteiger partial charge on any atom is -0.0992 e. The van der Waals surface area contributed by atoms with Gasteiger partial charge in [0.2, 0.25) is 0 Å². The summed E-state index contributed by atoms with van der Waals surface area (Å²) < 4.78 is 0. The summed E-state index contributed by atoms with van der Waals surface area (Å²) in [4.78, 5) is 0. The zero-order chi connectivity index (χ0) is 10.1. The summed E-state index contributed by atoms with van der Waals surface area (Å²) in [7, 11) is 0. The molecule has 1 aliphatic rings. The molecule has 0 amide bonds. The number of hydrogen-bond acceptors (Lipinski definition) is 0. The van der Waals surface area contributed by atoms with Gasteiger partial charge in [-0.3, -0.25) is 0 Å². The Balaban J connectivity index is 2.57. The maximum Gasteiger partial charge on any atom is 0.0444 e. The predicted molar refractivity (Wildman–Crippen MR) is 60.5 cm³/mol. The summed E-state index contributed by atoms with van der Waals surface area (Å²) in [6.07, 6.45) is 0.838. The average Bonchev–Trinajstić information content (AvgIpc) is 2.29. The molecule has 0 nitrogen and oxygen atoms in total. The molecule has 0 fully saturated rings. The third-order valence-corrected chi connectivity index (χ3v) is 3.29. The molecule has 0 saturated carbocycles. The van der Waals surface area contributed by atoms with Crippen LogP contribution in [0.5, 0.6) is 0 Å². The molecule has 2 rings (SSSR count). The Morgan fingerprint density at radius 2 is 2.14 bits per heavy atom. The molecule has 1 aromatic rings. The van der Waals surface area contributed by atoms with E-state index in [9.17, 15) is 0 Å². The van der Waals surface area contributed by atoms with Gasteiger partial charge in [-0.2, -0.15) is 0 Å². The van der Waals surface area contributed by atoms with Crippen LogP contribution in [0.4, 0.5) is 0 Å². The highest BCUT2D eigenvalue weighted by Crippen LogP contribution is 2.34. The summed E-state index contributed by atoms with van der Waals surface area (Å²) in [6, 6.07) is 6.10. The first-order valence-corrected chi connectivity index (χ1v) is 5.33. The summed E-state index contributed by atoms with van der Waals surface area (Å²) in [5, 5.41) is 0.882. The smallest absolute Gasteiger partial charge is 0.0444 e. The van der Waals surface area contributed by atoms with E-state index in [0.717, 1.165) is 11.4 Å². The Morgan fingerprint density at radius 3 is 2.93 bits per heavy atom. The van der Waals surface area contributed by atoms with Gasteiger partial charge in [-0.25, -0.2) is 0 Å². The van der Waals surface area contributed by atoms with E-state index in [1.165, 1.54) is 11.1 Å². The fraction of sp³-hybridized carbons (Fsp3) is 0.385. The highest BCUT2D eigenvalue weighted by Gasteiger charge is 2.20. The van der Waals surface area contributed by atoms with Crippen LogP contribution < -0.4 is 0 Å². The van der Waals surface area contributed by atoms with Crippen LogP contribution in [0, 0.1) is 17.8 Å². The second-order valence-corrected chi connectivity index (χ2v) is 4.30. The molecule has 1 unspecified atom stereocenters. The number of halogens is 1. The van der Waals surface area contributed by atoms with Gasteiger partial charge in [-0.15, -0.1) is 0 Å². The van der Waals surface area contributed by atoms with Crippen LogP contribution in [0.2, 0.25) is 5.02 Å². The summed E-state index contributed by atoms with van der Waals surface area (Å²) >= 11 is 6.22. The Kier molecular flexibility index (Phi) is 2.52. The van der Waals surface area contributed by atoms with Crippen molar-refractivity contribution in [1.82, 2.24) is 0 Å². The van der Waals surface area contributed by atoms with Crippen molar-refractivity contribution in [3.63, 3.8) is 0 Å². The van der Waals surface area contributed by atoms with Crippen molar-refractivity contribution in [2.75, 3.05) is 0 Å². The Bertz CT molecular complexity index is 409. The number of benzene rings is 1. The summed E-state index contributed by atoms with van der Waals surface area (Å²) in [5.41, 5.74) is 2.57. The van der Waals surface area contributed by atoms with Gasteiger partial charge in [0.15, 0.2) is 0 Å². The monoisotopic (exact) mass is 204 g/mol. The molecule has 1 aliphatic carbocycles. The standard InChI is InChI=1S/C13H13Cl/c1-9-5-3-6-11-7-4-8-12(14)13(11)10(9)2/h4,7-10H,6H2,1-2H3/t9-,10?/m0/s1. The van der Waals surface area contributed by atoms with Gasteiger partial charge in [-0.1, -0.05) is 49.4 Å². The molecular formula is C13H13Cl. The van der Waals surface area contributed by atoms with Gasteiger partial charge >= 0.3 is 0 Å². The van der Waals surface area contributed by atoms with Crippen LogP contribution >= 0.6 is 11.6 Å². The third kappa shape index (κ3) is 1.53. The molecule has 14 heavy (non-hydrogen) atoms. The molecule has 0 aliphatic heterocycles. The molecule has 2 atom stereocenters. The van der Waals surface area contributed by atoms with Gasteiger partial charge < -0.3 is 0 Å². The number of hydrogen-bond donors (Lipinski definition) is 0. The second kappa shape index (κ2) is 3.67. The molecule has 0 heterocycles. The Labute approximate surface area is 90.3 Å². The van der Waals surface area contributed by atoms with Crippen molar-refractivity contribution in [2.24, 2.45) is 5.92 Å². The van der Waals surface area contributed by atoms with Crippen LogP contribution in [0.15, 0.2) is 18.2 Å². The van der Waals surface area contributed by atoms with Gasteiger partial charge in [0.1, 0.15) is 0 Å². The van der Waals surface area contributed by atoms with Crippen molar-refractivity contribution in [1.29, 1.82) is 0 Å². The lowest BCUT2D eigenvalue weighted by molar-refractivity contribution is 0.610. The largest absolute Gasteiger partial charge is 0.0992 e. The normalized spacial score (nSPS) is 24.5. The molecule has 0 N–H and O–H groups in total. The van der Waals surface area contributed by atoms with Crippen molar-refractivity contribution >= 4 is 11.6 Å². The maximum atomic E-state index is 6.22. The molecule has 1 heteroatoms. The van der Waals surface area contributed by atoms with Crippen molar-refractivity contribution in [3.05, 3.63) is 34.3 Å². The first kappa shape index (κ1) is 9.62. The quantitative estimate of drug-likeness (QED) is 0.566. The highest BCUT2D eigenvalue weighted by molar-refractivity contribution is 6.31. The molecular weight excluding hydrogens is 192 g/mol. The first-order valence-electron chi connectivity index (χ1n) is 4.96. The fourth-order valence-electron chi connectivity index (χ4n) is 1.93. The molecule has 0 spiro atoms. The fourth-order valence-corrected chi connectivity index (χ4v) is 2.29. The van der Waals surface area contributed by atoms with Crippen molar-refractivity contribution in [2.45, 2.75) is 26.2 Å². The topological polar surface area (TPSA) is 0 Å². The molecule has 1 aromatic carbocycles. The number of fused-ring (bicyclic) bond motifs is 1. The molecule has 0 aromatic heterocycles. The van der Waals surface area contributed by atoms with E-state index in [1.807, 2.05) is 12.1 Å². The summed E-state index contributed by atoms with van der Waals surface area (Å²) in [5.74, 6) is 7.30. The minimum absolute atomic E-state index is 0.399. The van der Waals surface area contributed by atoms with Crippen LogP contribution in [0.1, 0.15) is 30.9 Å². The minimum atomic E-state index is 0.399. The summed E-state index contributed by atoms with van der Waals surface area (Å²) in [6.45, 7) is 4.37. The SMILES string of the molecule is CC1c2c(Cl)cccc2CC#C[C@@H]1C. The lowest BCUT2D eigenvalue weighted by Crippen LogP contribution is -2.05. The molecule has 72 valence electrons.